The van der Waals surface area contributed by atoms with Crippen LogP contribution >= 0.6 is 0 Å². The zero-order chi connectivity index (χ0) is 13.1. The van der Waals surface area contributed by atoms with Crippen LogP contribution in [-0.2, 0) is 6.42 Å². The summed E-state index contributed by atoms with van der Waals surface area (Å²) < 4.78 is 0. The molecule has 1 aromatic carbocycles. The number of nitrogens with zero attached hydrogens (tertiary/aromatic N) is 3. The summed E-state index contributed by atoms with van der Waals surface area (Å²) in [7, 11) is 2.12. The Labute approximate surface area is 110 Å². The van der Waals surface area contributed by atoms with Crippen molar-refractivity contribution in [2.24, 2.45) is 0 Å². The van der Waals surface area contributed by atoms with Gasteiger partial charge in [0.15, 0.2) is 0 Å². The van der Waals surface area contributed by atoms with Crippen LogP contribution in [0.4, 0.5) is 5.69 Å². The van der Waals surface area contributed by atoms with Crippen molar-refractivity contribution in [1.82, 2.24) is 4.90 Å². The van der Waals surface area contributed by atoms with Gasteiger partial charge in [0.25, 0.3) is 0 Å². The zero-order valence-electron chi connectivity index (χ0n) is 11.5. The standard InChI is InChI=1S/C15H21N3/c1-4-18(5-2)15(11-16)12-6-7-14-13(10-12)8-9-17(14)3/h6-7,10,15H,4-5,8-9H2,1-3H3. The fraction of sp³-hybridized carbons (Fsp3) is 0.533. The quantitative estimate of drug-likeness (QED) is 0.814. The highest BCUT2D eigenvalue weighted by atomic mass is 15.1. The van der Waals surface area contributed by atoms with Gasteiger partial charge in [-0.2, -0.15) is 5.26 Å². The Kier molecular flexibility index (Phi) is 3.88. The maximum Gasteiger partial charge on any atom is 0.123 e. The molecule has 0 N–H and O–H groups in total. The van der Waals surface area contributed by atoms with Crippen LogP contribution in [0.5, 0.6) is 0 Å². The highest BCUT2D eigenvalue weighted by molar-refractivity contribution is 5.59. The molecule has 0 aromatic heterocycles. The van der Waals surface area contributed by atoms with Gasteiger partial charge in [-0.1, -0.05) is 26.0 Å². The summed E-state index contributed by atoms with van der Waals surface area (Å²) in [5, 5.41) is 9.41. The van der Waals surface area contributed by atoms with Crippen LogP contribution in [0.25, 0.3) is 0 Å². The smallest absolute Gasteiger partial charge is 0.123 e. The second-order valence-corrected chi connectivity index (χ2v) is 4.81. The van der Waals surface area contributed by atoms with E-state index in [4.69, 9.17) is 0 Å². The van der Waals surface area contributed by atoms with Crippen LogP contribution in [-0.4, -0.2) is 31.6 Å². The summed E-state index contributed by atoms with van der Waals surface area (Å²) in [6.45, 7) is 7.11. The van der Waals surface area contributed by atoms with Crippen molar-refractivity contribution in [2.75, 3.05) is 31.6 Å². The number of fused-ring (bicyclic) bond motifs is 1. The normalized spacial score (nSPS) is 15.6. The summed E-state index contributed by atoms with van der Waals surface area (Å²) in [4.78, 5) is 4.47. The molecule has 1 aliphatic heterocycles. The third-order valence-corrected chi connectivity index (χ3v) is 3.85. The Morgan fingerprint density at radius 2 is 2.11 bits per heavy atom. The molecule has 0 saturated carbocycles. The third-order valence-electron chi connectivity index (χ3n) is 3.85. The average Bonchev–Trinajstić information content (AvgIpc) is 2.77. The molecule has 0 fully saturated rings. The van der Waals surface area contributed by atoms with Gasteiger partial charge in [-0.05, 0) is 36.7 Å². The Balaban J connectivity index is 2.31. The van der Waals surface area contributed by atoms with E-state index in [0.717, 1.165) is 31.6 Å². The predicted octanol–water partition coefficient (Wildman–Crippen LogP) is 2.59. The Morgan fingerprint density at radius 1 is 1.39 bits per heavy atom. The van der Waals surface area contributed by atoms with Crippen LogP contribution in [0, 0.1) is 11.3 Å². The Morgan fingerprint density at radius 3 is 2.72 bits per heavy atom. The zero-order valence-corrected chi connectivity index (χ0v) is 11.5. The van der Waals surface area contributed by atoms with E-state index in [2.05, 4.69) is 55.0 Å². The summed E-state index contributed by atoms with van der Waals surface area (Å²) in [6.07, 6.45) is 1.09. The minimum Gasteiger partial charge on any atom is -0.374 e. The number of benzene rings is 1. The van der Waals surface area contributed by atoms with Crippen molar-refractivity contribution < 1.29 is 0 Å². The SMILES string of the molecule is CCN(CC)C(C#N)c1ccc2c(c1)CCN2C. The van der Waals surface area contributed by atoms with Crippen LogP contribution in [0.2, 0.25) is 0 Å². The second-order valence-electron chi connectivity index (χ2n) is 4.81. The lowest BCUT2D eigenvalue weighted by Gasteiger charge is -2.24. The second kappa shape index (κ2) is 5.41. The topological polar surface area (TPSA) is 30.3 Å². The molecular weight excluding hydrogens is 222 g/mol. The molecule has 0 radical (unpaired) electrons. The largest absolute Gasteiger partial charge is 0.374 e. The molecule has 0 amide bonds. The van der Waals surface area contributed by atoms with Gasteiger partial charge in [0.05, 0.1) is 6.07 Å². The molecule has 3 nitrogen and oxygen atoms in total. The molecule has 2 rings (SSSR count). The molecule has 0 saturated heterocycles. The summed E-state index contributed by atoms with van der Waals surface area (Å²) in [6, 6.07) is 8.80. The molecule has 18 heavy (non-hydrogen) atoms. The minimum atomic E-state index is -0.115. The van der Waals surface area contributed by atoms with Crippen molar-refractivity contribution in [2.45, 2.75) is 26.3 Å². The first-order valence-corrected chi connectivity index (χ1v) is 6.68. The fourth-order valence-electron chi connectivity index (χ4n) is 2.71. The number of nitriles is 1. The van der Waals surface area contributed by atoms with Gasteiger partial charge in [-0.15, -0.1) is 0 Å². The minimum absolute atomic E-state index is 0.115. The molecule has 1 aliphatic rings. The van der Waals surface area contributed by atoms with Gasteiger partial charge in [-0.3, -0.25) is 4.90 Å². The number of hydrogen-bond acceptors (Lipinski definition) is 3. The van der Waals surface area contributed by atoms with Crippen molar-refractivity contribution in [1.29, 1.82) is 5.26 Å². The van der Waals surface area contributed by atoms with Gasteiger partial charge < -0.3 is 4.90 Å². The van der Waals surface area contributed by atoms with Crippen LogP contribution in [0.3, 0.4) is 0 Å². The molecule has 96 valence electrons. The number of anilines is 1. The monoisotopic (exact) mass is 243 g/mol. The van der Waals surface area contributed by atoms with Crippen LogP contribution in [0.1, 0.15) is 31.0 Å². The lowest BCUT2D eigenvalue weighted by Crippen LogP contribution is -2.27. The predicted molar refractivity (Wildman–Crippen MR) is 74.7 cm³/mol. The number of likely N-dealkylation sites (N-methyl/N-ethyl adjacent to an activating group) is 1. The van der Waals surface area contributed by atoms with Gasteiger partial charge in [-0.25, -0.2) is 0 Å². The molecule has 0 spiro atoms. The molecular formula is C15H21N3. The van der Waals surface area contributed by atoms with E-state index in [1.165, 1.54) is 11.3 Å². The molecule has 1 unspecified atom stereocenters. The van der Waals surface area contributed by atoms with Gasteiger partial charge in [0.2, 0.25) is 0 Å². The van der Waals surface area contributed by atoms with E-state index in [1.54, 1.807) is 0 Å². The highest BCUT2D eigenvalue weighted by Gasteiger charge is 2.21. The summed E-state index contributed by atoms with van der Waals surface area (Å²) in [5.41, 5.74) is 3.83. The molecule has 0 bridgehead atoms. The van der Waals surface area contributed by atoms with Crippen molar-refractivity contribution in [3.05, 3.63) is 29.3 Å². The van der Waals surface area contributed by atoms with E-state index >= 15 is 0 Å². The van der Waals surface area contributed by atoms with Crippen LogP contribution in [0.15, 0.2) is 18.2 Å². The van der Waals surface area contributed by atoms with E-state index in [0.29, 0.717) is 0 Å². The Bertz CT molecular complexity index is 457. The van der Waals surface area contributed by atoms with E-state index in [9.17, 15) is 5.26 Å². The summed E-state index contributed by atoms with van der Waals surface area (Å²) >= 11 is 0. The summed E-state index contributed by atoms with van der Waals surface area (Å²) in [5.74, 6) is 0. The van der Waals surface area contributed by atoms with E-state index in [1.807, 2.05) is 0 Å². The first-order chi connectivity index (χ1) is 8.71. The number of hydrogen-bond donors (Lipinski definition) is 0. The third kappa shape index (κ3) is 2.21. The van der Waals surface area contributed by atoms with Gasteiger partial charge in [0, 0.05) is 19.3 Å². The first kappa shape index (κ1) is 12.9. The van der Waals surface area contributed by atoms with E-state index in [-0.39, 0.29) is 6.04 Å². The molecule has 0 aliphatic carbocycles. The van der Waals surface area contributed by atoms with Crippen molar-refractivity contribution in [3.8, 4) is 6.07 Å². The molecule has 1 atom stereocenters. The van der Waals surface area contributed by atoms with Crippen molar-refractivity contribution >= 4 is 5.69 Å². The average molecular weight is 243 g/mol. The van der Waals surface area contributed by atoms with Gasteiger partial charge in [0.1, 0.15) is 6.04 Å². The Hall–Kier alpha value is -1.53. The molecule has 1 heterocycles. The van der Waals surface area contributed by atoms with Crippen LogP contribution < -0.4 is 4.90 Å². The van der Waals surface area contributed by atoms with E-state index < -0.39 is 0 Å². The lowest BCUT2D eigenvalue weighted by atomic mass is 10.0. The maximum atomic E-state index is 9.41. The highest BCUT2D eigenvalue weighted by Crippen LogP contribution is 2.30. The maximum absolute atomic E-state index is 9.41. The molecule has 3 heteroatoms. The van der Waals surface area contributed by atoms with Gasteiger partial charge >= 0.3 is 0 Å². The first-order valence-electron chi connectivity index (χ1n) is 6.68. The van der Waals surface area contributed by atoms with Crippen molar-refractivity contribution in [3.63, 3.8) is 0 Å². The lowest BCUT2D eigenvalue weighted by molar-refractivity contribution is 0.262. The fourth-order valence-corrected chi connectivity index (χ4v) is 2.71. The molecule has 1 aromatic rings. The number of rotatable bonds is 4.